The third kappa shape index (κ3) is 4.49. The summed E-state index contributed by atoms with van der Waals surface area (Å²) in [4.78, 5) is 28.2. The van der Waals surface area contributed by atoms with E-state index < -0.39 is 0 Å². The number of anilines is 2. The summed E-state index contributed by atoms with van der Waals surface area (Å²) in [6, 6.07) is 6.07. The van der Waals surface area contributed by atoms with E-state index >= 15 is 0 Å². The third-order valence-corrected chi connectivity index (χ3v) is 4.36. The molecule has 5 nitrogen and oxygen atoms in total. The van der Waals surface area contributed by atoms with Gasteiger partial charge in [-0.3, -0.25) is 9.59 Å². The number of carbonyl (C=O) groups excluding carboxylic acids is 2. The molecule has 0 unspecified atom stereocenters. The van der Waals surface area contributed by atoms with Gasteiger partial charge in [-0.2, -0.15) is 0 Å². The fourth-order valence-electron chi connectivity index (χ4n) is 2.76. The van der Waals surface area contributed by atoms with Gasteiger partial charge in [0.1, 0.15) is 0 Å². The molecule has 0 spiro atoms. The first-order valence-electron chi connectivity index (χ1n) is 8.74. The smallest absolute Gasteiger partial charge is 0.227 e. The van der Waals surface area contributed by atoms with E-state index in [4.69, 9.17) is 0 Å². The highest BCUT2D eigenvalue weighted by Crippen LogP contribution is 2.31. The van der Waals surface area contributed by atoms with Gasteiger partial charge in [0.05, 0.1) is 0 Å². The third-order valence-electron chi connectivity index (χ3n) is 4.36. The van der Waals surface area contributed by atoms with Crippen LogP contribution in [0.1, 0.15) is 45.6 Å². The molecule has 1 aliphatic rings. The van der Waals surface area contributed by atoms with Crippen LogP contribution in [0.3, 0.4) is 0 Å². The molecule has 1 saturated carbocycles. The Morgan fingerprint density at radius 3 is 2.42 bits per heavy atom. The van der Waals surface area contributed by atoms with Gasteiger partial charge in [-0.1, -0.05) is 6.92 Å². The Labute approximate surface area is 145 Å². The van der Waals surface area contributed by atoms with Crippen molar-refractivity contribution in [1.29, 1.82) is 0 Å². The maximum Gasteiger partial charge on any atom is 0.227 e. The summed E-state index contributed by atoms with van der Waals surface area (Å²) in [5, 5.41) is 3.00. The van der Waals surface area contributed by atoms with Crippen molar-refractivity contribution in [2.24, 2.45) is 5.92 Å². The number of nitrogens with zero attached hydrogens (tertiary/aromatic N) is 2. The van der Waals surface area contributed by atoms with Crippen LogP contribution in [0.2, 0.25) is 0 Å². The number of benzene rings is 1. The molecule has 0 radical (unpaired) electrons. The zero-order chi connectivity index (χ0) is 17.9. The van der Waals surface area contributed by atoms with Crippen molar-refractivity contribution >= 4 is 23.2 Å². The van der Waals surface area contributed by atoms with Crippen molar-refractivity contribution in [1.82, 2.24) is 4.90 Å². The van der Waals surface area contributed by atoms with Gasteiger partial charge in [0.2, 0.25) is 11.8 Å². The second kappa shape index (κ2) is 7.69. The fourth-order valence-corrected chi connectivity index (χ4v) is 2.76. The lowest BCUT2D eigenvalue weighted by Crippen LogP contribution is -2.36. The number of amides is 2. The van der Waals surface area contributed by atoms with E-state index in [0.717, 1.165) is 29.8 Å². The van der Waals surface area contributed by atoms with Crippen molar-refractivity contribution in [3.63, 3.8) is 0 Å². The van der Waals surface area contributed by atoms with Gasteiger partial charge in [-0.15, -0.1) is 0 Å². The highest BCUT2D eigenvalue weighted by atomic mass is 16.2. The summed E-state index contributed by atoms with van der Waals surface area (Å²) in [7, 11) is 3.98. The Morgan fingerprint density at radius 1 is 1.25 bits per heavy atom. The van der Waals surface area contributed by atoms with Crippen molar-refractivity contribution in [2.75, 3.05) is 24.3 Å². The molecule has 5 heteroatoms. The topological polar surface area (TPSA) is 52.7 Å². The van der Waals surface area contributed by atoms with Crippen LogP contribution in [0.15, 0.2) is 18.2 Å². The minimum absolute atomic E-state index is 0.101. The Balaban J connectivity index is 2.26. The van der Waals surface area contributed by atoms with Gasteiger partial charge in [-0.25, -0.2) is 0 Å². The Hall–Kier alpha value is -2.04. The van der Waals surface area contributed by atoms with E-state index in [2.05, 4.69) is 5.32 Å². The van der Waals surface area contributed by atoms with Crippen molar-refractivity contribution in [3.05, 3.63) is 23.8 Å². The Kier molecular flexibility index (Phi) is 5.86. The first kappa shape index (κ1) is 18.3. The van der Waals surface area contributed by atoms with Crippen molar-refractivity contribution in [2.45, 2.75) is 52.6 Å². The van der Waals surface area contributed by atoms with Crippen LogP contribution in [0, 0.1) is 5.92 Å². The van der Waals surface area contributed by atoms with E-state index in [1.165, 1.54) is 0 Å². The summed E-state index contributed by atoms with van der Waals surface area (Å²) in [5.74, 6) is 0.418. The van der Waals surface area contributed by atoms with Gasteiger partial charge in [0, 0.05) is 50.4 Å². The number of hydrogen-bond acceptors (Lipinski definition) is 3. The lowest BCUT2D eigenvalue weighted by Gasteiger charge is -2.29. The molecular formula is C19H29N3O2. The average Bonchev–Trinajstić information content (AvgIpc) is 3.36. The first-order chi connectivity index (χ1) is 11.3. The molecule has 1 aliphatic carbocycles. The van der Waals surface area contributed by atoms with Gasteiger partial charge in [0.15, 0.2) is 0 Å². The van der Waals surface area contributed by atoms with Crippen LogP contribution in [0.4, 0.5) is 11.4 Å². The zero-order valence-corrected chi connectivity index (χ0v) is 15.4. The van der Waals surface area contributed by atoms with E-state index in [1.807, 2.05) is 62.9 Å². The van der Waals surface area contributed by atoms with Crippen LogP contribution in [-0.4, -0.2) is 36.9 Å². The molecule has 132 valence electrons. The predicted molar refractivity (Wildman–Crippen MR) is 98.1 cm³/mol. The Morgan fingerprint density at radius 2 is 1.92 bits per heavy atom. The minimum Gasteiger partial charge on any atom is -0.377 e. The number of nitrogens with one attached hydrogen (secondary N) is 1. The van der Waals surface area contributed by atoms with E-state index in [0.29, 0.717) is 13.0 Å². The quantitative estimate of drug-likeness (QED) is 0.834. The van der Waals surface area contributed by atoms with Gasteiger partial charge < -0.3 is 15.1 Å². The minimum atomic E-state index is 0.101. The molecule has 1 fully saturated rings. The summed E-state index contributed by atoms with van der Waals surface area (Å²) >= 11 is 0. The van der Waals surface area contributed by atoms with Gasteiger partial charge in [0.25, 0.3) is 0 Å². The highest BCUT2D eigenvalue weighted by Gasteiger charge is 2.29. The molecule has 0 bridgehead atoms. The average molecular weight is 331 g/mol. The number of rotatable bonds is 7. The summed E-state index contributed by atoms with van der Waals surface area (Å²) < 4.78 is 0. The molecule has 2 rings (SSSR count). The summed E-state index contributed by atoms with van der Waals surface area (Å²) in [6.07, 6.45) is 2.47. The van der Waals surface area contributed by atoms with Crippen LogP contribution in [0.25, 0.3) is 0 Å². The largest absolute Gasteiger partial charge is 0.377 e. The van der Waals surface area contributed by atoms with E-state index in [1.54, 1.807) is 0 Å². The van der Waals surface area contributed by atoms with E-state index in [9.17, 15) is 9.59 Å². The molecule has 0 aromatic heterocycles. The van der Waals surface area contributed by atoms with Crippen molar-refractivity contribution < 1.29 is 9.59 Å². The van der Waals surface area contributed by atoms with Crippen LogP contribution in [-0.2, 0) is 16.1 Å². The first-order valence-corrected chi connectivity index (χ1v) is 8.74. The second-order valence-electron chi connectivity index (χ2n) is 6.97. The SMILES string of the molecule is CCC(=O)N(Cc1cc(NC(=O)C2CC2)ccc1N(C)C)C(C)C. The fraction of sp³-hybridized carbons (Fsp3) is 0.579. The maximum atomic E-state index is 12.2. The molecule has 0 saturated heterocycles. The molecule has 0 atom stereocenters. The molecule has 0 heterocycles. The molecular weight excluding hydrogens is 302 g/mol. The monoisotopic (exact) mass is 331 g/mol. The summed E-state index contributed by atoms with van der Waals surface area (Å²) in [6.45, 7) is 6.49. The lowest BCUT2D eigenvalue weighted by molar-refractivity contribution is -0.133. The Bertz CT molecular complexity index is 607. The van der Waals surface area contributed by atoms with Gasteiger partial charge in [-0.05, 0) is 50.5 Å². The number of carbonyl (C=O) groups is 2. The molecule has 2 amide bonds. The predicted octanol–water partition coefficient (Wildman–Crippen LogP) is 3.25. The lowest BCUT2D eigenvalue weighted by atomic mass is 10.1. The molecule has 1 aromatic carbocycles. The van der Waals surface area contributed by atoms with Gasteiger partial charge >= 0.3 is 0 Å². The molecule has 24 heavy (non-hydrogen) atoms. The van der Waals surface area contributed by atoms with Crippen LogP contribution in [0.5, 0.6) is 0 Å². The molecule has 1 N–H and O–H groups in total. The maximum absolute atomic E-state index is 12.2. The van der Waals surface area contributed by atoms with Crippen LogP contribution < -0.4 is 10.2 Å². The molecule has 0 aliphatic heterocycles. The van der Waals surface area contributed by atoms with Crippen molar-refractivity contribution in [3.8, 4) is 0 Å². The zero-order valence-electron chi connectivity index (χ0n) is 15.4. The van der Waals surface area contributed by atoms with E-state index in [-0.39, 0.29) is 23.8 Å². The summed E-state index contributed by atoms with van der Waals surface area (Å²) in [5.41, 5.74) is 2.92. The number of hydrogen-bond donors (Lipinski definition) is 1. The standard InChI is InChI=1S/C19H29N3O2/c1-6-18(23)22(13(2)3)12-15-11-16(9-10-17(15)21(4)5)20-19(24)14-7-8-14/h9-11,13-14H,6-8,12H2,1-5H3,(H,20,24). The second-order valence-corrected chi connectivity index (χ2v) is 6.97. The normalized spacial score (nSPS) is 13.8. The van der Waals surface area contributed by atoms with Crippen LogP contribution >= 0.6 is 0 Å². The molecule has 1 aromatic rings. The highest BCUT2D eigenvalue weighted by molar-refractivity contribution is 5.94.